The fourth-order valence-corrected chi connectivity index (χ4v) is 2.03. The van der Waals surface area contributed by atoms with Crippen LogP contribution in [0.4, 0.5) is 4.79 Å². The molecule has 21 heavy (non-hydrogen) atoms. The molecule has 0 bridgehead atoms. The second-order valence-corrected chi connectivity index (χ2v) is 6.26. The smallest absolute Gasteiger partial charge is 0.315 e. The predicted octanol–water partition coefficient (Wildman–Crippen LogP) is 1.10. The molecule has 0 aliphatic heterocycles. The largest absolute Gasteiger partial charge is 0.396 e. The lowest BCUT2D eigenvalue weighted by Gasteiger charge is -2.13. The quantitative estimate of drug-likeness (QED) is 0.722. The standard InChI is InChI=1S/C14H22N4O3/c1-14(2,3)12-17-11(18-21-12)7-15-13(20)16-10-5-4-9(6-10)8-19/h4-5,9-10,19H,6-8H2,1-3H3,(H2,15,16,20)/t9-,10+/m0/s1. The minimum atomic E-state index is -0.287. The monoisotopic (exact) mass is 294 g/mol. The Bertz CT molecular complexity index is 519. The van der Waals surface area contributed by atoms with Crippen molar-refractivity contribution >= 4 is 6.03 Å². The molecule has 0 saturated carbocycles. The third-order valence-electron chi connectivity index (χ3n) is 3.24. The summed E-state index contributed by atoms with van der Waals surface area (Å²) in [6.45, 7) is 6.26. The number of aromatic nitrogens is 2. The zero-order chi connectivity index (χ0) is 15.5. The molecule has 1 aromatic heterocycles. The minimum Gasteiger partial charge on any atom is -0.396 e. The maximum atomic E-state index is 11.8. The number of hydrogen-bond acceptors (Lipinski definition) is 5. The maximum Gasteiger partial charge on any atom is 0.315 e. The van der Waals surface area contributed by atoms with E-state index in [2.05, 4.69) is 20.8 Å². The van der Waals surface area contributed by atoms with E-state index >= 15 is 0 Å². The molecule has 0 saturated heterocycles. The number of aliphatic hydroxyl groups is 1. The molecule has 1 heterocycles. The van der Waals surface area contributed by atoms with Gasteiger partial charge in [-0.15, -0.1) is 0 Å². The fraction of sp³-hybridized carbons (Fsp3) is 0.643. The first-order valence-corrected chi connectivity index (χ1v) is 7.05. The Hall–Kier alpha value is -1.89. The van der Waals surface area contributed by atoms with E-state index in [9.17, 15) is 4.79 Å². The number of hydrogen-bond donors (Lipinski definition) is 3. The van der Waals surface area contributed by atoms with E-state index in [1.807, 2.05) is 32.9 Å². The molecule has 0 spiro atoms. The zero-order valence-corrected chi connectivity index (χ0v) is 12.6. The Morgan fingerprint density at radius 2 is 2.24 bits per heavy atom. The molecule has 0 radical (unpaired) electrons. The van der Waals surface area contributed by atoms with Crippen molar-refractivity contribution in [2.45, 2.75) is 45.2 Å². The van der Waals surface area contributed by atoms with Gasteiger partial charge in [-0.1, -0.05) is 38.1 Å². The molecule has 1 aromatic rings. The SMILES string of the molecule is CC(C)(C)c1nc(CNC(=O)N[C@@H]2C=C[C@H](CO)C2)no1. The van der Waals surface area contributed by atoms with E-state index in [1.165, 1.54) is 0 Å². The van der Waals surface area contributed by atoms with E-state index < -0.39 is 0 Å². The molecule has 1 aliphatic carbocycles. The second-order valence-electron chi connectivity index (χ2n) is 6.26. The van der Waals surface area contributed by atoms with Gasteiger partial charge in [0.1, 0.15) is 0 Å². The maximum absolute atomic E-state index is 11.8. The summed E-state index contributed by atoms with van der Waals surface area (Å²) in [6.07, 6.45) is 4.53. The van der Waals surface area contributed by atoms with E-state index in [0.29, 0.717) is 11.7 Å². The molecule has 2 rings (SSSR count). The molecule has 7 heteroatoms. The molecule has 2 atom stereocenters. The van der Waals surface area contributed by atoms with Crippen LogP contribution in [0.2, 0.25) is 0 Å². The number of aliphatic hydroxyl groups excluding tert-OH is 1. The first-order chi connectivity index (χ1) is 9.88. The van der Waals surface area contributed by atoms with Crippen molar-refractivity contribution in [2.75, 3.05) is 6.61 Å². The third-order valence-corrected chi connectivity index (χ3v) is 3.24. The van der Waals surface area contributed by atoms with Crippen molar-refractivity contribution < 1.29 is 14.4 Å². The van der Waals surface area contributed by atoms with Crippen molar-refractivity contribution in [3.05, 3.63) is 23.9 Å². The van der Waals surface area contributed by atoms with E-state index in [-0.39, 0.29) is 36.6 Å². The van der Waals surface area contributed by atoms with Crippen LogP contribution in [0.5, 0.6) is 0 Å². The summed E-state index contributed by atoms with van der Waals surface area (Å²) in [4.78, 5) is 16.0. The molecular formula is C14H22N4O3. The summed E-state index contributed by atoms with van der Waals surface area (Å²) in [5.74, 6) is 1.12. The Labute approximate surface area is 123 Å². The van der Waals surface area contributed by atoms with Crippen LogP contribution >= 0.6 is 0 Å². The molecular weight excluding hydrogens is 272 g/mol. The minimum absolute atomic E-state index is 0.0439. The molecule has 7 nitrogen and oxygen atoms in total. The molecule has 116 valence electrons. The summed E-state index contributed by atoms with van der Waals surface area (Å²) >= 11 is 0. The van der Waals surface area contributed by atoms with Gasteiger partial charge in [0.2, 0.25) is 5.89 Å². The number of nitrogens with zero attached hydrogens (tertiary/aromatic N) is 2. The van der Waals surface area contributed by atoms with Crippen LogP contribution in [0, 0.1) is 5.92 Å². The Morgan fingerprint density at radius 1 is 1.48 bits per heavy atom. The fourth-order valence-electron chi connectivity index (χ4n) is 2.03. The van der Waals surface area contributed by atoms with Crippen LogP contribution in [0.25, 0.3) is 0 Å². The van der Waals surface area contributed by atoms with Crippen LogP contribution in [0.3, 0.4) is 0 Å². The van der Waals surface area contributed by atoms with E-state index in [4.69, 9.17) is 9.63 Å². The zero-order valence-electron chi connectivity index (χ0n) is 12.6. The van der Waals surface area contributed by atoms with E-state index in [0.717, 1.165) is 6.42 Å². The van der Waals surface area contributed by atoms with Crippen LogP contribution < -0.4 is 10.6 Å². The molecule has 0 fully saturated rings. The van der Waals surface area contributed by atoms with Crippen molar-refractivity contribution in [3.63, 3.8) is 0 Å². The first kappa shape index (κ1) is 15.5. The third kappa shape index (κ3) is 4.29. The molecule has 1 aliphatic rings. The molecule has 0 unspecified atom stereocenters. The highest BCUT2D eigenvalue weighted by molar-refractivity contribution is 5.74. The van der Waals surface area contributed by atoms with Gasteiger partial charge in [0.15, 0.2) is 5.82 Å². The highest BCUT2D eigenvalue weighted by Gasteiger charge is 2.22. The lowest BCUT2D eigenvalue weighted by molar-refractivity contribution is 0.231. The van der Waals surface area contributed by atoms with Gasteiger partial charge in [-0.2, -0.15) is 4.98 Å². The normalized spacial score (nSPS) is 21.5. The Morgan fingerprint density at radius 3 is 2.81 bits per heavy atom. The van der Waals surface area contributed by atoms with Gasteiger partial charge in [-0.05, 0) is 6.42 Å². The Kier molecular flexibility index (Phi) is 4.62. The molecule has 3 N–H and O–H groups in total. The number of nitrogens with one attached hydrogen (secondary N) is 2. The lowest BCUT2D eigenvalue weighted by Crippen LogP contribution is -2.40. The predicted molar refractivity (Wildman–Crippen MR) is 76.5 cm³/mol. The van der Waals surface area contributed by atoms with Crippen LogP contribution in [-0.4, -0.2) is 33.9 Å². The summed E-state index contributed by atoms with van der Waals surface area (Å²) < 4.78 is 5.15. The summed E-state index contributed by atoms with van der Waals surface area (Å²) in [7, 11) is 0. The average Bonchev–Trinajstić information content (AvgIpc) is 3.04. The van der Waals surface area contributed by atoms with Crippen molar-refractivity contribution in [1.29, 1.82) is 0 Å². The summed E-state index contributed by atoms with van der Waals surface area (Å²) in [5, 5.41) is 18.4. The second kappa shape index (κ2) is 6.26. The van der Waals surface area contributed by atoms with Gasteiger partial charge in [-0.3, -0.25) is 0 Å². The van der Waals surface area contributed by atoms with Crippen molar-refractivity contribution in [3.8, 4) is 0 Å². The topological polar surface area (TPSA) is 100 Å². The number of carbonyl (C=O) groups is 1. The highest BCUT2D eigenvalue weighted by atomic mass is 16.5. The number of urea groups is 1. The van der Waals surface area contributed by atoms with Gasteiger partial charge in [-0.25, -0.2) is 4.79 Å². The van der Waals surface area contributed by atoms with Gasteiger partial charge in [0.05, 0.1) is 6.54 Å². The Balaban J connectivity index is 1.77. The number of rotatable bonds is 4. The van der Waals surface area contributed by atoms with Crippen LogP contribution in [-0.2, 0) is 12.0 Å². The lowest BCUT2D eigenvalue weighted by atomic mass is 9.97. The van der Waals surface area contributed by atoms with Gasteiger partial charge in [0.25, 0.3) is 0 Å². The number of carbonyl (C=O) groups excluding carboxylic acids is 1. The van der Waals surface area contributed by atoms with Gasteiger partial charge < -0.3 is 20.3 Å². The first-order valence-electron chi connectivity index (χ1n) is 7.05. The average molecular weight is 294 g/mol. The van der Waals surface area contributed by atoms with Gasteiger partial charge in [0, 0.05) is 24.0 Å². The van der Waals surface area contributed by atoms with E-state index in [1.54, 1.807) is 0 Å². The summed E-state index contributed by atoms with van der Waals surface area (Å²) in [6, 6.07) is -0.331. The summed E-state index contributed by atoms with van der Waals surface area (Å²) in [5.41, 5.74) is -0.207. The molecule has 2 amide bonds. The van der Waals surface area contributed by atoms with Crippen LogP contribution in [0.15, 0.2) is 16.7 Å². The molecule has 0 aromatic carbocycles. The number of amides is 2. The van der Waals surface area contributed by atoms with Crippen molar-refractivity contribution in [2.24, 2.45) is 5.92 Å². The highest BCUT2D eigenvalue weighted by Crippen LogP contribution is 2.19. The van der Waals surface area contributed by atoms with Crippen LogP contribution in [0.1, 0.15) is 38.9 Å². The van der Waals surface area contributed by atoms with Crippen molar-refractivity contribution in [1.82, 2.24) is 20.8 Å². The van der Waals surface area contributed by atoms with Gasteiger partial charge >= 0.3 is 6.03 Å².